The zero-order valence-corrected chi connectivity index (χ0v) is 12.5. The summed E-state index contributed by atoms with van der Waals surface area (Å²) in [6, 6.07) is 7.44. The first-order valence-corrected chi connectivity index (χ1v) is 7.80. The SMILES string of the molecule is C[C@H](NC(=O)N1CCSc2ncccc21)c1cccnc1. The summed E-state index contributed by atoms with van der Waals surface area (Å²) in [5.41, 5.74) is 1.87. The molecule has 3 rings (SSSR count). The van der Waals surface area contributed by atoms with E-state index in [2.05, 4.69) is 15.3 Å². The van der Waals surface area contributed by atoms with Crippen LogP contribution in [0.3, 0.4) is 0 Å². The maximum absolute atomic E-state index is 12.5. The van der Waals surface area contributed by atoms with E-state index < -0.39 is 0 Å². The highest BCUT2D eigenvalue weighted by molar-refractivity contribution is 7.99. The van der Waals surface area contributed by atoms with Crippen LogP contribution < -0.4 is 10.2 Å². The van der Waals surface area contributed by atoms with Gasteiger partial charge in [0, 0.05) is 30.9 Å². The predicted octanol–water partition coefficient (Wildman–Crippen LogP) is 2.86. The Morgan fingerprint density at radius 2 is 2.24 bits per heavy atom. The summed E-state index contributed by atoms with van der Waals surface area (Å²) in [4.78, 5) is 22.7. The highest BCUT2D eigenvalue weighted by atomic mass is 32.2. The number of amides is 2. The van der Waals surface area contributed by atoms with Gasteiger partial charge >= 0.3 is 6.03 Å². The Morgan fingerprint density at radius 1 is 1.38 bits per heavy atom. The fourth-order valence-electron chi connectivity index (χ4n) is 2.24. The molecule has 0 saturated carbocycles. The second kappa shape index (κ2) is 6.13. The average Bonchev–Trinajstić information content (AvgIpc) is 2.55. The molecule has 21 heavy (non-hydrogen) atoms. The first kappa shape index (κ1) is 13.9. The van der Waals surface area contributed by atoms with Gasteiger partial charge in [0.25, 0.3) is 0 Å². The van der Waals surface area contributed by atoms with Crippen molar-refractivity contribution in [2.45, 2.75) is 18.0 Å². The van der Waals surface area contributed by atoms with E-state index in [1.165, 1.54) is 0 Å². The molecule has 2 amide bonds. The first-order valence-electron chi connectivity index (χ1n) is 6.81. The molecule has 1 aliphatic rings. The number of rotatable bonds is 2. The third kappa shape index (κ3) is 3.00. The smallest absolute Gasteiger partial charge is 0.322 e. The average molecular weight is 300 g/mol. The van der Waals surface area contributed by atoms with Gasteiger partial charge in [-0.3, -0.25) is 9.88 Å². The normalized spacial score (nSPS) is 15.2. The number of urea groups is 1. The van der Waals surface area contributed by atoms with Crippen molar-refractivity contribution in [3.8, 4) is 0 Å². The highest BCUT2D eigenvalue weighted by Crippen LogP contribution is 2.32. The quantitative estimate of drug-likeness (QED) is 0.926. The molecule has 5 nitrogen and oxygen atoms in total. The van der Waals surface area contributed by atoms with Crippen LogP contribution in [0.4, 0.5) is 10.5 Å². The van der Waals surface area contributed by atoms with Gasteiger partial charge in [-0.05, 0) is 30.7 Å². The van der Waals surface area contributed by atoms with Gasteiger partial charge in [0.2, 0.25) is 0 Å². The van der Waals surface area contributed by atoms with Crippen molar-refractivity contribution in [1.82, 2.24) is 15.3 Å². The Hall–Kier alpha value is -2.08. The Balaban J connectivity index is 1.75. The van der Waals surface area contributed by atoms with E-state index in [1.54, 1.807) is 35.3 Å². The van der Waals surface area contributed by atoms with E-state index in [0.717, 1.165) is 22.0 Å². The Bertz CT molecular complexity index is 635. The number of anilines is 1. The third-order valence-electron chi connectivity index (χ3n) is 3.37. The molecular weight excluding hydrogens is 284 g/mol. The molecule has 0 aliphatic carbocycles. The van der Waals surface area contributed by atoms with Gasteiger partial charge in [-0.2, -0.15) is 0 Å². The molecule has 2 aromatic rings. The van der Waals surface area contributed by atoms with E-state index in [1.807, 2.05) is 31.2 Å². The lowest BCUT2D eigenvalue weighted by atomic mass is 10.1. The third-order valence-corrected chi connectivity index (χ3v) is 4.34. The Kier molecular flexibility index (Phi) is 4.06. The minimum absolute atomic E-state index is 0.0825. The van der Waals surface area contributed by atoms with Crippen molar-refractivity contribution >= 4 is 23.5 Å². The minimum atomic E-state index is -0.0964. The molecule has 0 fully saturated rings. The van der Waals surface area contributed by atoms with Crippen molar-refractivity contribution in [2.24, 2.45) is 0 Å². The van der Waals surface area contributed by atoms with Gasteiger partial charge in [0.1, 0.15) is 5.03 Å². The topological polar surface area (TPSA) is 58.1 Å². The van der Waals surface area contributed by atoms with E-state index in [4.69, 9.17) is 0 Å². The van der Waals surface area contributed by atoms with Crippen LogP contribution in [0.25, 0.3) is 0 Å². The molecule has 0 saturated heterocycles. The number of pyridine rings is 2. The van der Waals surface area contributed by atoms with E-state index in [9.17, 15) is 4.79 Å². The summed E-state index contributed by atoms with van der Waals surface area (Å²) >= 11 is 1.68. The number of aromatic nitrogens is 2. The van der Waals surface area contributed by atoms with Crippen LogP contribution in [0.1, 0.15) is 18.5 Å². The monoisotopic (exact) mass is 300 g/mol. The molecule has 0 radical (unpaired) electrons. The largest absolute Gasteiger partial charge is 0.331 e. The number of hydrogen-bond acceptors (Lipinski definition) is 4. The molecular formula is C15H16N4OS. The van der Waals surface area contributed by atoms with E-state index >= 15 is 0 Å². The first-order chi connectivity index (χ1) is 10.3. The molecule has 1 aliphatic heterocycles. The molecule has 108 valence electrons. The van der Waals surface area contributed by atoms with Gasteiger partial charge < -0.3 is 5.32 Å². The number of thioether (sulfide) groups is 1. The zero-order chi connectivity index (χ0) is 14.7. The number of hydrogen-bond donors (Lipinski definition) is 1. The molecule has 2 aromatic heterocycles. The van der Waals surface area contributed by atoms with Crippen LogP contribution in [0.5, 0.6) is 0 Å². The number of nitrogens with one attached hydrogen (secondary N) is 1. The van der Waals surface area contributed by atoms with Gasteiger partial charge in [-0.15, -0.1) is 11.8 Å². The van der Waals surface area contributed by atoms with Crippen molar-refractivity contribution in [3.05, 3.63) is 48.4 Å². The number of nitrogens with zero attached hydrogens (tertiary/aromatic N) is 3. The van der Waals surface area contributed by atoms with Gasteiger partial charge in [-0.1, -0.05) is 6.07 Å². The van der Waals surface area contributed by atoms with E-state index in [-0.39, 0.29) is 12.1 Å². The fraction of sp³-hybridized carbons (Fsp3) is 0.267. The van der Waals surface area contributed by atoms with Crippen molar-refractivity contribution in [3.63, 3.8) is 0 Å². The van der Waals surface area contributed by atoms with Crippen molar-refractivity contribution < 1.29 is 4.79 Å². The molecule has 0 bridgehead atoms. The van der Waals surface area contributed by atoms with Gasteiger partial charge in [0.15, 0.2) is 0 Å². The van der Waals surface area contributed by atoms with Crippen molar-refractivity contribution in [2.75, 3.05) is 17.2 Å². The summed E-state index contributed by atoms with van der Waals surface area (Å²) in [7, 11) is 0. The molecule has 1 N–H and O–H groups in total. The van der Waals surface area contributed by atoms with Gasteiger partial charge in [-0.25, -0.2) is 9.78 Å². The standard InChI is InChI=1S/C15H16N4OS/c1-11(12-4-2-6-16-10-12)18-15(20)19-8-9-21-14-13(19)5-3-7-17-14/h2-7,10-11H,8-9H2,1H3,(H,18,20)/t11-/m0/s1. The van der Waals surface area contributed by atoms with Crippen molar-refractivity contribution in [1.29, 1.82) is 0 Å². The van der Waals surface area contributed by atoms with Gasteiger partial charge in [0.05, 0.1) is 11.7 Å². The summed E-state index contributed by atoms with van der Waals surface area (Å²) in [5, 5.41) is 3.93. The molecule has 3 heterocycles. The number of carbonyl (C=O) groups is 1. The second-order valence-electron chi connectivity index (χ2n) is 4.79. The molecule has 0 aromatic carbocycles. The van der Waals surface area contributed by atoms with Crippen LogP contribution in [-0.4, -0.2) is 28.3 Å². The highest BCUT2D eigenvalue weighted by Gasteiger charge is 2.24. The number of fused-ring (bicyclic) bond motifs is 1. The Labute approximate surface area is 127 Å². The van der Waals surface area contributed by atoms with Crippen LogP contribution in [-0.2, 0) is 0 Å². The predicted molar refractivity (Wildman–Crippen MR) is 83.5 cm³/mol. The minimum Gasteiger partial charge on any atom is -0.331 e. The van der Waals surface area contributed by atoms with Crippen LogP contribution in [0.15, 0.2) is 47.9 Å². The number of carbonyl (C=O) groups excluding carboxylic acids is 1. The Morgan fingerprint density at radius 3 is 3.05 bits per heavy atom. The van der Waals surface area contributed by atoms with E-state index in [0.29, 0.717) is 6.54 Å². The summed E-state index contributed by atoms with van der Waals surface area (Å²) in [5.74, 6) is 0.860. The zero-order valence-electron chi connectivity index (χ0n) is 11.7. The summed E-state index contributed by atoms with van der Waals surface area (Å²) in [6.45, 7) is 2.65. The maximum atomic E-state index is 12.5. The molecule has 0 unspecified atom stereocenters. The molecule has 1 atom stereocenters. The maximum Gasteiger partial charge on any atom is 0.322 e. The fourth-order valence-corrected chi connectivity index (χ4v) is 3.17. The lowest BCUT2D eigenvalue weighted by molar-refractivity contribution is 0.243. The lowest BCUT2D eigenvalue weighted by Crippen LogP contribution is -2.43. The summed E-state index contributed by atoms with van der Waals surface area (Å²) < 4.78 is 0. The van der Waals surface area contributed by atoms with Crippen LogP contribution in [0, 0.1) is 0 Å². The van der Waals surface area contributed by atoms with Crippen LogP contribution >= 0.6 is 11.8 Å². The lowest BCUT2D eigenvalue weighted by Gasteiger charge is -2.29. The summed E-state index contributed by atoms with van der Waals surface area (Å²) in [6.07, 6.45) is 5.25. The second-order valence-corrected chi connectivity index (χ2v) is 5.87. The molecule has 0 spiro atoms. The molecule has 6 heteroatoms. The van der Waals surface area contributed by atoms with Crippen LogP contribution in [0.2, 0.25) is 0 Å².